The number of nitrogen functional groups attached to an aromatic ring is 1. The van der Waals surface area contributed by atoms with Crippen LogP contribution < -0.4 is 5.73 Å². The molecule has 0 saturated heterocycles. The number of hydrogen-bond donors (Lipinski definition) is 3. The van der Waals surface area contributed by atoms with Gasteiger partial charge in [-0.15, -0.1) is 0 Å². The fraction of sp³-hybridized carbons (Fsp3) is 0. The molecule has 1 aromatic carbocycles. The Balaban J connectivity index is 3.43. The van der Waals surface area contributed by atoms with Crippen molar-refractivity contribution in [3.63, 3.8) is 0 Å². The maximum Gasteiger partial charge on any atom is 0.336 e. The zero-order valence-corrected chi connectivity index (χ0v) is 6.80. The average molecular weight is 198 g/mol. The van der Waals surface area contributed by atoms with Crippen molar-refractivity contribution in [3.8, 4) is 5.75 Å². The van der Waals surface area contributed by atoms with Gasteiger partial charge in [-0.2, -0.15) is 0 Å². The zero-order valence-electron chi connectivity index (χ0n) is 6.80. The molecule has 7 nitrogen and oxygen atoms in total. The van der Waals surface area contributed by atoms with Gasteiger partial charge in [-0.1, -0.05) is 0 Å². The Morgan fingerprint density at radius 3 is 2.50 bits per heavy atom. The normalized spacial score (nSPS) is 9.71. The van der Waals surface area contributed by atoms with E-state index < -0.39 is 28.0 Å². The number of rotatable bonds is 2. The van der Waals surface area contributed by atoms with E-state index in [1.807, 2.05) is 0 Å². The van der Waals surface area contributed by atoms with Crippen LogP contribution in [0.15, 0.2) is 12.1 Å². The van der Waals surface area contributed by atoms with E-state index >= 15 is 0 Å². The number of nitrogens with two attached hydrogens (primary N) is 1. The number of benzene rings is 1. The number of phenols is 1. The molecule has 1 rings (SSSR count). The minimum absolute atomic E-state index is 0.386. The molecule has 0 bridgehead atoms. The van der Waals surface area contributed by atoms with Crippen molar-refractivity contribution in [3.05, 3.63) is 27.8 Å². The van der Waals surface area contributed by atoms with Gasteiger partial charge in [0.15, 0.2) is 5.69 Å². The van der Waals surface area contributed by atoms with Crippen LogP contribution in [0.4, 0.5) is 11.4 Å². The molecule has 0 saturated carbocycles. The van der Waals surface area contributed by atoms with E-state index in [9.17, 15) is 14.9 Å². The first kappa shape index (κ1) is 9.78. The molecule has 0 aliphatic carbocycles. The molecule has 14 heavy (non-hydrogen) atoms. The summed E-state index contributed by atoms with van der Waals surface area (Å²) in [5.74, 6) is -1.99. The van der Waals surface area contributed by atoms with Crippen molar-refractivity contribution in [2.45, 2.75) is 0 Å². The Morgan fingerprint density at radius 2 is 2.07 bits per heavy atom. The summed E-state index contributed by atoms with van der Waals surface area (Å²) in [4.78, 5) is 20.0. The highest BCUT2D eigenvalue weighted by molar-refractivity contribution is 5.91. The molecule has 0 heterocycles. The van der Waals surface area contributed by atoms with Crippen LogP contribution >= 0.6 is 0 Å². The third kappa shape index (κ3) is 1.56. The minimum atomic E-state index is -1.37. The van der Waals surface area contributed by atoms with E-state index in [1.165, 1.54) is 0 Å². The number of anilines is 1. The monoisotopic (exact) mass is 198 g/mol. The second kappa shape index (κ2) is 3.21. The standard InChI is InChI=1S/C7H6N2O5/c8-6-4(9(13)14)1-3(7(11)12)2-5(6)10/h1-2,10H,8H2,(H,11,12). The second-order valence-electron chi connectivity index (χ2n) is 2.49. The second-order valence-corrected chi connectivity index (χ2v) is 2.49. The lowest BCUT2D eigenvalue weighted by Gasteiger charge is -2.01. The first-order chi connectivity index (χ1) is 6.43. The Bertz CT molecular complexity index is 415. The fourth-order valence-electron chi connectivity index (χ4n) is 0.898. The first-order valence-corrected chi connectivity index (χ1v) is 3.43. The molecule has 1 aromatic rings. The number of phenolic OH excluding ortho intramolecular Hbond substituents is 1. The van der Waals surface area contributed by atoms with Crippen LogP contribution in [-0.4, -0.2) is 21.1 Å². The van der Waals surface area contributed by atoms with Gasteiger partial charge >= 0.3 is 5.97 Å². The van der Waals surface area contributed by atoms with Crippen LogP contribution in [0.3, 0.4) is 0 Å². The number of carboxylic acid groups (broad SMARTS) is 1. The van der Waals surface area contributed by atoms with Gasteiger partial charge in [0, 0.05) is 6.07 Å². The topological polar surface area (TPSA) is 127 Å². The largest absolute Gasteiger partial charge is 0.505 e. The number of carbonyl (C=O) groups is 1. The van der Waals surface area contributed by atoms with Gasteiger partial charge in [-0.3, -0.25) is 10.1 Å². The molecule has 4 N–H and O–H groups in total. The van der Waals surface area contributed by atoms with E-state index in [1.54, 1.807) is 0 Å². The highest BCUT2D eigenvalue weighted by Gasteiger charge is 2.19. The van der Waals surface area contributed by atoms with Crippen LogP contribution in [0.25, 0.3) is 0 Å². The minimum Gasteiger partial charge on any atom is -0.505 e. The lowest BCUT2D eigenvalue weighted by Crippen LogP contribution is -2.01. The van der Waals surface area contributed by atoms with Gasteiger partial charge in [0.05, 0.1) is 10.5 Å². The average Bonchev–Trinajstić information content (AvgIpc) is 2.08. The maximum absolute atomic E-state index is 10.5. The molecule has 0 aliphatic rings. The predicted molar refractivity (Wildman–Crippen MR) is 46.1 cm³/mol. The molecule has 74 valence electrons. The highest BCUT2D eigenvalue weighted by atomic mass is 16.6. The number of hydrogen-bond acceptors (Lipinski definition) is 5. The van der Waals surface area contributed by atoms with Gasteiger partial charge in [0.25, 0.3) is 5.69 Å². The van der Waals surface area contributed by atoms with Crippen molar-refractivity contribution in [2.75, 3.05) is 5.73 Å². The molecule has 0 aliphatic heterocycles. The molecule has 0 spiro atoms. The van der Waals surface area contributed by atoms with E-state index in [-0.39, 0.29) is 5.56 Å². The van der Waals surface area contributed by atoms with E-state index in [0.29, 0.717) is 0 Å². The first-order valence-electron chi connectivity index (χ1n) is 3.43. The van der Waals surface area contributed by atoms with Crippen LogP contribution in [0.2, 0.25) is 0 Å². The lowest BCUT2D eigenvalue weighted by molar-refractivity contribution is -0.384. The molecule has 0 aromatic heterocycles. The van der Waals surface area contributed by atoms with Crippen LogP contribution in [0, 0.1) is 10.1 Å². The van der Waals surface area contributed by atoms with E-state index in [4.69, 9.17) is 15.9 Å². The van der Waals surface area contributed by atoms with Gasteiger partial charge < -0.3 is 15.9 Å². The van der Waals surface area contributed by atoms with Crippen molar-refractivity contribution < 1.29 is 19.9 Å². The van der Waals surface area contributed by atoms with Crippen LogP contribution in [0.1, 0.15) is 10.4 Å². The number of aromatic hydroxyl groups is 1. The molecule has 0 fully saturated rings. The maximum atomic E-state index is 10.5. The van der Waals surface area contributed by atoms with Crippen molar-refractivity contribution in [2.24, 2.45) is 0 Å². The Labute approximate surface area is 77.5 Å². The molecule has 0 amide bonds. The van der Waals surface area contributed by atoms with Crippen molar-refractivity contribution in [1.82, 2.24) is 0 Å². The highest BCUT2D eigenvalue weighted by Crippen LogP contribution is 2.31. The lowest BCUT2D eigenvalue weighted by atomic mass is 10.1. The number of carboxylic acids is 1. The number of nitro groups is 1. The number of aromatic carboxylic acids is 1. The molecule has 0 unspecified atom stereocenters. The molecule has 0 radical (unpaired) electrons. The molecule has 0 atom stereocenters. The molecular formula is C7H6N2O5. The van der Waals surface area contributed by atoms with Gasteiger partial charge in [-0.05, 0) is 6.07 Å². The predicted octanol–water partition coefficient (Wildman–Crippen LogP) is 0.581. The third-order valence-corrected chi connectivity index (χ3v) is 1.58. The number of nitro benzene ring substituents is 1. The van der Waals surface area contributed by atoms with Crippen molar-refractivity contribution in [1.29, 1.82) is 0 Å². The summed E-state index contributed by atoms with van der Waals surface area (Å²) >= 11 is 0. The quantitative estimate of drug-likeness (QED) is 0.276. The van der Waals surface area contributed by atoms with E-state index in [2.05, 4.69) is 0 Å². The van der Waals surface area contributed by atoms with Crippen molar-refractivity contribution >= 4 is 17.3 Å². The Hall–Kier alpha value is -2.31. The summed E-state index contributed by atoms with van der Waals surface area (Å²) in [6, 6.07) is 1.64. The zero-order chi connectivity index (χ0) is 10.9. The van der Waals surface area contributed by atoms with E-state index in [0.717, 1.165) is 12.1 Å². The molecule has 7 heteroatoms. The third-order valence-electron chi connectivity index (χ3n) is 1.58. The van der Waals surface area contributed by atoms with Gasteiger partial charge in [0.1, 0.15) is 5.75 Å². The molecular weight excluding hydrogens is 192 g/mol. The summed E-state index contributed by atoms with van der Waals surface area (Å²) in [7, 11) is 0. The van der Waals surface area contributed by atoms with Gasteiger partial charge in [0.2, 0.25) is 0 Å². The SMILES string of the molecule is Nc1c(O)cc(C(=O)O)cc1[N+](=O)[O-]. The Morgan fingerprint density at radius 1 is 1.50 bits per heavy atom. The summed E-state index contributed by atoms with van der Waals surface area (Å²) in [6.07, 6.45) is 0. The summed E-state index contributed by atoms with van der Waals surface area (Å²) in [5.41, 5.74) is 3.71. The fourth-order valence-corrected chi connectivity index (χ4v) is 0.898. The summed E-state index contributed by atoms with van der Waals surface area (Å²) in [5, 5.41) is 28.0. The van der Waals surface area contributed by atoms with Crippen LogP contribution in [0.5, 0.6) is 5.75 Å². The summed E-state index contributed by atoms with van der Waals surface area (Å²) in [6.45, 7) is 0. The van der Waals surface area contributed by atoms with Crippen LogP contribution in [-0.2, 0) is 0 Å². The number of nitrogens with zero attached hydrogens (tertiary/aromatic N) is 1. The smallest absolute Gasteiger partial charge is 0.336 e. The Kier molecular flexibility index (Phi) is 2.24. The van der Waals surface area contributed by atoms with Gasteiger partial charge in [-0.25, -0.2) is 4.79 Å². The summed E-state index contributed by atoms with van der Waals surface area (Å²) < 4.78 is 0.